The SMILES string of the molecule is CC/C=C\C/C=C\C/C=C\C/C=C\C/C=C\C/C=C\CCCCCOCC(CO)OC(=O)CCCCCCCCCCCC. The molecule has 0 amide bonds. The van der Waals surface area contributed by atoms with Gasteiger partial charge < -0.3 is 14.6 Å². The van der Waals surface area contributed by atoms with Gasteiger partial charge in [-0.25, -0.2) is 0 Å². The third-order valence-corrected chi connectivity index (χ3v) is 7.30. The maximum atomic E-state index is 12.1. The van der Waals surface area contributed by atoms with E-state index in [1.54, 1.807) is 0 Å². The van der Waals surface area contributed by atoms with Gasteiger partial charge in [0.1, 0.15) is 6.10 Å². The Bertz CT molecular complexity index is 774. The Balaban J connectivity index is 3.58. The molecule has 0 aliphatic heterocycles. The van der Waals surface area contributed by atoms with Gasteiger partial charge >= 0.3 is 5.97 Å². The minimum absolute atomic E-state index is 0.188. The Hall–Kier alpha value is -2.17. The molecular weight excluding hydrogens is 544 g/mol. The van der Waals surface area contributed by atoms with E-state index in [1.807, 2.05) is 0 Å². The van der Waals surface area contributed by atoms with Crippen molar-refractivity contribution in [3.05, 3.63) is 72.9 Å². The second kappa shape index (κ2) is 37.0. The number of rotatable bonds is 32. The lowest BCUT2D eigenvalue weighted by Crippen LogP contribution is -2.27. The lowest BCUT2D eigenvalue weighted by atomic mass is 10.1. The first kappa shape index (κ1) is 41.8. The maximum absolute atomic E-state index is 12.1. The molecule has 0 aromatic heterocycles. The molecule has 0 saturated carbocycles. The summed E-state index contributed by atoms with van der Waals surface area (Å²) in [5.74, 6) is -0.219. The normalized spacial score (nSPS) is 13.2. The zero-order chi connectivity index (χ0) is 32.0. The lowest BCUT2D eigenvalue weighted by molar-refractivity contribution is -0.154. The van der Waals surface area contributed by atoms with Gasteiger partial charge in [-0.3, -0.25) is 4.79 Å². The van der Waals surface area contributed by atoms with Crippen molar-refractivity contribution in [2.75, 3.05) is 19.8 Å². The number of allylic oxidation sites excluding steroid dienone is 12. The van der Waals surface area contributed by atoms with Crippen molar-refractivity contribution in [2.24, 2.45) is 0 Å². The summed E-state index contributed by atoms with van der Waals surface area (Å²) in [6.07, 6.45) is 49.4. The van der Waals surface area contributed by atoms with Crippen LogP contribution in [0.15, 0.2) is 72.9 Å². The zero-order valence-electron chi connectivity index (χ0n) is 28.6. The van der Waals surface area contributed by atoms with Crippen LogP contribution >= 0.6 is 0 Å². The first-order valence-electron chi connectivity index (χ1n) is 18.0. The molecule has 0 fully saturated rings. The number of carbonyl (C=O) groups excluding carboxylic acids is 1. The van der Waals surface area contributed by atoms with E-state index in [1.165, 1.54) is 51.4 Å². The molecule has 0 aliphatic rings. The Morgan fingerprint density at radius 3 is 1.52 bits per heavy atom. The summed E-state index contributed by atoms with van der Waals surface area (Å²) in [5.41, 5.74) is 0. The van der Waals surface area contributed by atoms with E-state index in [-0.39, 0.29) is 19.2 Å². The second-order valence-corrected chi connectivity index (χ2v) is 11.6. The summed E-state index contributed by atoms with van der Waals surface area (Å²) in [5, 5.41) is 9.53. The summed E-state index contributed by atoms with van der Waals surface area (Å²) in [6, 6.07) is 0. The highest BCUT2D eigenvalue weighted by Crippen LogP contribution is 2.12. The van der Waals surface area contributed by atoms with Gasteiger partial charge in [-0.2, -0.15) is 0 Å². The minimum atomic E-state index is -0.551. The predicted molar refractivity (Wildman–Crippen MR) is 191 cm³/mol. The Morgan fingerprint density at radius 1 is 0.568 bits per heavy atom. The molecule has 0 bridgehead atoms. The molecule has 0 rings (SSSR count). The van der Waals surface area contributed by atoms with E-state index in [0.29, 0.717) is 13.0 Å². The van der Waals surface area contributed by atoms with Crippen molar-refractivity contribution in [1.82, 2.24) is 0 Å². The third-order valence-electron chi connectivity index (χ3n) is 7.30. The number of esters is 1. The van der Waals surface area contributed by atoms with Gasteiger partial charge in [0.25, 0.3) is 0 Å². The van der Waals surface area contributed by atoms with E-state index < -0.39 is 6.10 Å². The fourth-order valence-electron chi connectivity index (χ4n) is 4.62. The molecular formula is C40H68O4. The first-order valence-corrected chi connectivity index (χ1v) is 18.0. The summed E-state index contributed by atoms with van der Waals surface area (Å²) in [6.45, 7) is 5.13. The van der Waals surface area contributed by atoms with E-state index in [0.717, 1.165) is 77.0 Å². The third kappa shape index (κ3) is 34.3. The van der Waals surface area contributed by atoms with E-state index in [4.69, 9.17) is 9.47 Å². The smallest absolute Gasteiger partial charge is 0.306 e. The molecule has 252 valence electrons. The van der Waals surface area contributed by atoms with Crippen LogP contribution in [0.2, 0.25) is 0 Å². The van der Waals surface area contributed by atoms with Crippen LogP contribution in [0.1, 0.15) is 149 Å². The molecule has 0 radical (unpaired) electrons. The fourth-order valence-corrected chi connectivity index (χ4v) is 4.62. The zero-order valence-corrected chi connectivity index (χ0v) is 28.6. The number of aliphatic hydroxyl groups is 1. The molecule has 0 aliphatic carbocycles. The van der Waals surface area contributed by atoms with Gasteiger partial charge in [0.2, 0.25) is 0 Å². The topological polar surface area (TPSA) is 55.8 Å². The van der Waals surface area contributed by atoms with Crippen molar-refractivity contribution in [1.29, 1.82) is 0 Å². The van der Waals surface area contributed by atoms with Crippen LogP contribution in [0.25, 0.3) is 0 Å². The van der Waals surface area contributed by atoms with Crippen LogP contribution in [0.4, 0.5) is 0 Å². The van der Waals surface area contributed by atoms with Gasteiger partial charge in [0.15, 0.2) is 0 Å². The van der Waals surface area contributed by atoms with Crippen LogP contribution in [-0.2, 0) is 14.3 Å². The number of hydrogen-bond donors (Lipinski definition) is 1. The Morgan fingerprint density at radius 2 is 1.02 bits per heavy atom. The average molecular weight is 613 g/mol. The number of unbranched alkanes of at least 4 members (excludes halogenated alkanes) is 12. The average Bonchev–Trinajstić information content (AvgIpc) is 3.03. The number of carbonyl (C=O) groups is 1. The van der Waals surface area contributed by atoms with Crippen molar-refractivity contribution < 1.29 is 19.4 Å². The molecule has 1 atom stereocenters. The second-order valence-electron chi connectivity index (χ2n) is 11.6. The van der Waals surface area contributed by atoms with Crippen molar-refractivity contribution in [3.8, 4) is 0 Å². The lowest BCUT2D eigenvalue weighted by Gasteiger charge is -2.15. The van der Waals surface area contributed by atoms with Gasteiger partial charge in [0.05, 0.1) is 13.2 Å². The summed E-state index contributed by atoms with van der Waals surface area (Å²) in [4.78, 5) is 12.1. The number of aliphatic hydroxyl groups excluding tert-OH is 1. The van der Waals surface area contributed by atoms with Gasteiger partial charge in [-0.05, 0) is 64.2 Å². The fraction of sp³-hybridized carbons (Fsp3) is 0.675. The van der Waals surface area contributed by atoms with Gasteiger partial charge in [-0.1, -0.05) is 151 Å². The minimum Gasteiger partial charge on any atom is -0.457 e. The van der Waals surface area contributed by atoms with Crippen molar-refractivity contribution >= 4 is 5.97 Å². The summed E-state index contributed by atoms with van der Waals surface area (Å²) >= 11 is 0. The maximum Gasteiger partial charge on any atom is 0.306 e. The molecule has 0 heterocycles. The van der Waals surface area contributed by atoms with E-state index >= 15 is 0 Å². The highest BCUT2D eigenvalue weighted by atomic mass is 16.6. The summed E-state index contributed by atoms with van der Waals surface area (Å²) in [7, 11) is 0. The first-order chi connectivity index (χ1) is 21.7. The molecule has 0 spiro atoms. The quantitative estimate of drug-likeness (QED) is 0.0466. The highest BCUT2D eigenvalue weighted by Gasteiger charge is 2.13. The van der Waals surface area contributed by atoms with Gasteiger partial charge in [-0.15, -0.1) is 0 Å². The summed E-state index contributed by atoms with van der Waals surface area (Å²) < 4.78 is 11.1. The van der Waals surface area contributed by atoms with Crippen LogP contribution in [-0.4, -0.2) is 37.0 Å². The standard InChI is InChI=1S/C40H68O4/c1-3-5-7-9-11-13-15-16-17-18-19-20-21-22-23-24-25-26-28-30-32-34-36-43-38-39(37-41)44-40(42)35-33-31-29-27-14-12-10-8-6-4-2/h5,7,11,13,16-17,19-20,22-23,25-26,39,41H,3-4,6,8-10,12,14-15,18,21,24,27-38H2,1-2H3/b7-5-,13-11-,17-16-,20-19-,23-22-,26-25-. The van der Waals surface area contributed by atoms with Crippen LogP contribution in [0.3, 0.4) is 0 Å². The molecule has 0 saturated heterocycles. The molecule has 44 heavy (non-hydrogen) atoms. The number of hydrogen-bond acceptors (Lipinski definition) is 4. The number of ether oxygens (including phenoxy) is 2. The largest absolute Gasteiger partial charge is 0.457 e. The van der Waals surface area contributed by atoms with Crippen molar-refractivity contribution in [2.45, 2.75) is 155 Å². The van der Waals surface area contributed by atoms with Crippen molar-refractivity contribution in [3.63, 3.8) is 0 Å². The van der Waals surface area contributed by atoms with E-state index in [9.17, 15) is 9.90 Å². The van der Waals surface area contributed by atoms with Gasteiger partial charge in [0, 0.05) is 13.0 Å². The predicted octanol–water partition coefficient (Wildman–Crippen LogP) is 11.5. The highest BCUT2D eigenvalue weighted by molar-refractivity contribution is 5.69. The molecule has 4 nitrogen and oxygen atoms in total. The molecule has 0 aromatic rings. The Labute approximate surface area is 272 Å². The molecule has 0 aromatic carbocycles. The molecule has 1 N–H and O–H groups in total. The van der Waals surface area contributed by atoms with Crippen LogP contribution < -0.4 is 0 Å². The molecule has 1 unspecified atom stereocenters. The van der Waals surface area contributed by atoms with Crippen LogP contribution in [0.5, 0.6) is 0 Å². The van der Waals surface area contributed by atoms with E-state index in [2.05, 4.69) is 86.8 Å². The Kier molecular flexibility index (Phi) is 35.2. The van der Waals surface area contributed by atoms with Crippen LogP contribution in [0, 0.1) is 0 Å². The molecule has 4 heteroatoms. The monoisotopic (exact) mass is 613 g/mol.